The van der Waals surface area contributed by atoms with Gasteiger partial charge in [0.15, 0.2) is 15.7 Å². The van der Waals surface area contributed by atoms with Crippen LogP contribution in [0.5, 0.6) is 17.2 Å². The molecule has 14 heteroatoms. The Balaban J connectivity index is 1.78. The molecule has 2 aromatic carbocycles. The van der Waals surface area contributed by atoms with Gasteiger partial charge in [0.05, 0.1) is 49.0 Å². The first-order chi connectivity index (χ1) is 19.0. The van der Waals surface area contributed by atoms with Crippen molar-refractivity contribution in [1.29, 1.82) is 0 Å². The van der Waals surface area contributed by atoms with Crippen LogP contribution >= 0.6 is 7.60 Å². The molecule has 0 radical (unpaired) electrons. The van der Waals surface area contributed by atoms with Crippen LogP contribution in [0.4, 0.5) is 5.82 Å². The number of carbonyl (C=O) groups is 1. The number of hydrogen-bond donors (Lipinski definition) is 1. The Morgan fingerprint density at radius 2 is 1.60 bits per heavy atom. The number of ether oxygens (including phenoxy) is 3. The highest BCUT2D eigenvalue weighted by atomic mass is 32.2. The predicted octanol–water partition coefficient (Wildman–Crippen LogP) is 4.72. The molecule has 12 nitrogen and oxygen atoms in total. The highest BCUT2D eigenvalue weighted by Gasteiger charge is 2.25. The molecule has 1 aromatic heterocycles. The minimum absolute atomic E-state index is 0.0529. The predicted molar refractivity (Wildman–Crippen MR) is 148 cm³/mol. The lowest BCUT2D eigenvalue weighted by Crippen LogP contribution is -2.14. The molecule has 0 saturated carbocycles. The van der Waals surface area contributed by atoms with Gasteiger partial charge in [-0.05, 0) is 50.2 Å². The second-order valence-corrected chi connectivity index (χ2v) is 12.4. The second-order valence-electron chi connectivity index (χ2n) is 8.33. The number of anilines is 1. The van der Waals surface area contributed by atoms with Gasteiger partial charge in [-0.25, -0.2) is 13.4 Å². The van der Waals surface area contributed by atoms with E-state index in [1.807, 2.05) is 0 Å². The fourth-order valence-corrected chi connectivity index (χ4v) is 5.62. The van der Waals surface area contributed by atoms with Crippen molar-refractivity contribution in [3.63, 3.8) is 0 Å². The van der Waals surface area contributed by atoms with Crippen molar-refractivity contribution in [2.75, 3.05) is 45.1 Å². The van der Waals surface area contributed by atoms with Crippen LogP contribution in [-0.4, -0.2) is 64.1 Å². The van der Waals surface area contributed by atoms with Crippen LogP contribution in [0.2, 0.25) is 0 Å². The van der Waals surface area contributed by atoms with Gasteiger partial charge in [0.2, 0.25) is 0 Å². The van der Waals surface area contributed by atoms with E-state index in [-0.39, 0.29) is 48.0 Å². The van der Waals surface area contributed by atoms with Crippen molar-refractivity contribution in [2.24, 2.45) is 0 Å². The summed E-state index contributed by atoms with van der Waals surface area (Å²) >= 11 is 0. The molecule has 0 atom stereocenters. The number of aromatic nitrogens is 2. The largest absolute Gasteiger partial charge is 0.491 e. The lowest BCUT2D eigenvalue weighted by atomic mass is 10.2. The summed E-state index contributed by atoms with van der Waals surface area (Å²) in [6.07, 6.45) is 3.80. The molecule has 1 heterocycles. The van der Waals surface area contributed by atoms with Crippen molar-refractivity contribution < 1.29 is 41.0 Å². The van der Waals surface area contributed by atoms with Crippen molar-refractivity contribution in [2.45, 2.75) is 24.9 Å². The van der Waals surface area contributed by atoms with Crippen LogP contribution < -0.4 is 14.8 Å². The van der Waals surface area contributed by atoms with Crippen LogP contribution in [0, 0.1) is 0 Å². The van der Waals surface area contributed by atoms with Gasteiger partial charge < -0.3 is 28.6 Å². The average molecular weight is 594 g/mol. The molecule has 216 valence electrons. The first-order valence-electron chi connectivity index (χ1n) is 12.3. The number of benzene rings is 2. The third kappa shape index (κ3) is 9.39. The van der Waals surface area contributed by atoms with Gasteiger partial charge >= 0.3 is 7.60 Å². The number of amides is 1. The van der Waals surface area contributed by atoms with Gasteiger partial charge in [0.1, 0.15) is 23.9 Å². The van der Waals surface area contributed by atoms with Crippen LogP contribution in [0.25, 0.3) is 0 Å². The quantitative estimate of drug-likeness (QED) is 0.192. The fourth-order valence-electron chi connectivity index (χ4n) is 3.39. The van der Waals surface area contributed by atoms with Crippen molar-refractivity contribution in [3.8, 4) is 17.2 Å². The molecule has 0 fully saturated rings. The maximum absolute atomic E-state index is 13.1. The third-order valence-corrected chi connectivity index (χ3v) is 8.28. The zero-order valence-electron chi connectivity index (χ0n) is 22.7. The van der Waals surface area contributed by atoms with Crippen LogP contribution in [0.1, 0.15) is 29.9 Å². The van der Waals surface area contributed by atoms with Gasteiger partial charge in [-0.15, -0.1) is 0 Å². The molecule has 3 aromatic rings. The minimum atomic E-state index is -3.35. The van der Waals surface area contributed by atoms with Gasteiger partial charge in [-0.1, -0.05) is 0 Å². The molecule has 0 bridgehead atoms. The summed E-state index contributed by atoms with van der Waals surface area (Å²) in [6.45, 7) is 4.47. The Morgan fingerprint density at radius 1 is 0.925 bits per heavy atom. The van der Waals surface area contributed by atoms with Crippen LogP contribution in [0.3, 0.4) is 0 Å². The smallest absolute Gasteiger partial charge is 0.336 e. The third-order valence-electron chi connectivity index (χ3n) is 5.14. The highest BCUT2D eigenvalue weighted by Crippen LogP contribution is 2.50. The second kappa shape index (κ2) is 14.3. The number of sulfone groups is 1. The molecular formula is C26H32N3O9PS. The maximum Gasteiger partial charge on any atom is 0.336 e. The summed E-state index contributed by atoms with van der Waals surface area (Å²) < 4.78 is 63.3. The number of carbonyl (C=O) groups excluding carboxylic acids is 1. The average Bonchev–Trinajstić information content (AvgIpc) is 2.90. The zero-order chi connectivity index (χ0) is 29.2. The van der Waals surface area contributed by atoms with E-state index in [1.165, 1.54) is 48.8 Å². The lowest BCUT2D eigenvalue weighted by molar-refractivity contribution is 0.102. The van der Waals surface area contributed by atoms with Gasteiger partial charge in [-0.2, -0.15) is 0 Å². The summed E-state index contributed by atoms with van der Waals surface area (Å²) in [5.41, 5.74) is 0.593. The van der Waals surface area contributed by atoms with E-state index in [0.717, 1.165) is 6.26 Å². The molecule has 40 heavy (non-hydrogen) atoms. The van der Waals surface area contributed by atoms with E-state index in [9.17, 15) is 17.8 Å². The lowest BCUT2D eigenvalue weighted by Gasteiger charge is -2.16. The van der Waals surface area contributed by atoms with E-state index in [4.69, 9.17) is 23.3 Å². The Morgan fingerprint density at radius 3 is 2.17 bits per heavy atom. The Kier molecular flexibility index (Phi) is 11.2. The van der Waals surface area contributed by atoms with Crippen molar-refractivity contribution in [1.82, 2.24) is 9.97 Å². The highest BCUT2D eigenvalue weighted by molar-refractivity contribution is 7.90. The first kappa shape index (κ1) is 31.2. The van der Waals surface area contributed by atoms with Crippen molar-refractivity contribution in [3.05, 3.63) is 66.1 Å². The standard InChI is InChI=1S/C26H32N3O9PS/c1-5-36-39(31,37-6-2)18-20-16-28-25(17-27-20)29-26(30)19-13-22(35-12-11-34-3)15-23(14-19)38-21-7-9-24(10-8-21)40(4,32)33/h7-10,13-17H,5-6,11-12,18H2,1-4H3,(H,28,29,30). The summed E-state index contributed by atoms with van der Waals surface area (Å²) in [5, 5.41) is 2.66. The van der Waals surface area contributed by atoms with E-state index >= 15 is 0 Å². The van der Waals surface area contributed by atoms with E-state index in [0.29, 0.717) is 23.8 Å². The molecule has 0 aliphatic heterocycles. The Labute approximate surface area is 233 Å². The summed E-state index contributed by atoms with van der Waals surface area (Å²) in [5.74, 6) is 0.671. The van der Waals surface area contributed by atoms with Gasteiger partial charge in [0, 0.05) is 25.0 Å². The molecule has 0 unspecified atom stereocenters. The molecular weight excluding hydrogens is 561 g/mol. The molecule has 0 spiro atoms. The molecule has 0 aliphatic rings. The number of methoxy groups -OCH3 is 1. The van der Waals surface area contributed by atoms with Gasteiger partial charge in [0.25, 0.3) is 5.91 Å². The molecule has 0 saturated heterocycles. The number of nitrogens with one attached hydrogen (secondary N) is 1. The van der Waals surface area contributed by atoms with Crippen LogP contribution in [0.15, 0.2) is 59.8 Å². The van der Waals surface area contributed by atoms with Crippen LogP contribution in [-0.2, 0) is 34.3 Å². The Bertz CT molecular complexity index is 1420. The van der Waals surface area contributed by atoms with E-state index in [1.54, 1.807) is 27.0 Å². The monoisotopic (exact) mass is 593 g/mol. The number of hydrogen-bond acceptors (Lipinski definition) is 11. The summed E-state index contributed by atoms with van der Waals surface area (Å²) in [6, 6.07) is 10.5. The van der Waals surface area contributed by atoms with E-state index < -0.39 is 23.3 Å². The molecule has 1 N–H and O–H groups in total. The first-order valence-corrected chi connectivity index (χ1v) is 15.9. The fraction of sp³-hybridized carbons (Fsp3) is 0.346. The number of nitrogens with zero attached hydrogens (tertiary/aromatic N) is 2. The zero-order valence-corrected chi connectivity index (χ0v) is 24.4. The Hall–Kier alpha value is -3.35. The molecule has 1 amide bonds. The number of rotatable bonds is 15. The summed E-state index contributed by atoms with van der Waals surface area (Å²) in [4.78, 5) is 21.6. The summed E-state index contributed by atoms with van der Waals surface area (Å²) in [7, 11) is -5.16. The van der Waals surface area contributed by atoms with E-state index in [2.05, 4.69) is 15.3 Å². The minimum Gasteiger partial charge on any atom is -0.491 e. The van der Waals surface area contributed by atoms with Crippen molar-refractivity contribution >= 4 is 29.2 Å². The molecule has 3 rings (SSSR count). The normalized spacial score (nSPS) is 11.7. The topological polar surface area (TPSA) is 152 Å². The molecule has 0 aliphatic carbocycles. The SMILES string of the molecule is CCOP(=O)(Cc1cnc(NC(=O)c2cc(OCCOC)cc(Oc3ccc(S(C)(=O)=O)cc3)c2)cn1)OCC. The van der Waals surface area contributed by atoms with Gasteiger partial charge in [-0.3, -0.25) is 14.3 Å². The maximum atomic E-state index is 13.1.